The highest BCUT2D eigenvalue weighted by atomic mass is 28.3. The average molecular weight is 283 g/mol. The van der Waals surface area contributed by atoms with E-state index < -0.39 is 8.07 Å². The highest BCUT2D eigenvalue weighted by Crippen LogP contribution is 2.27. The third kappa shape index (κ3) is 3.40. The second kappa shape index (κ2) is 5.21. The molecule has 0 aromatic heterocycles. The van der Waals surface area contributed by atoms with Crippen molar-refractivity contribution in [3.05, 3.63) is 54.1 Å². The molecule has 0 amide bonds. The van der Waals surface area contributed by atoms with Gasteiger partial charge in [-0.1, -0.05) is 94.1 Å². The van der Waals surface area contributed by atoms with Crippen molar-refractivity contribution in [1.82, 2.24) is 0 Å². The van der Waals surface area contributed by atoms with E-state index in [9.17, 15) is 0 Å². The molecule has 2 aromatic rings. The molecule has 0 radical (unpaired) electrons. The van der Waals surface area contributed by atoms with E-state index in [0.29, 0.717) is 0 Å². The van der Waals surface area contributed by atoms with Crippen LogP contribution in [0.25, 0.3) is 11.1 Å². The van der Waals surface area contributed by atoms with Crippen molar-refractivity contribution in [1.29, 1.82) is 0 Å². The predicted molar refractivity (Wildman–Crippen MR) is 93.6 cm³/mol. The maximum Gasteiger partial charge on any atom is 0.0775 e. The number of hydrogen-bond acceptors (Lipinski definition) is 0. The molecule has 0 saturated carbocycles. The van der Waals surface area contributed by atoms with Crippen LogP contribution in [-0.2, 0) is 5.41 Å². The van der Waals surface area contributed by atoms with Gasteiger partial charge in [-0.25, -0.2) is 0 Å². The lowest BCUT2D eigenvalue weighted by Crippen LogP contribution is -2.37. The molecule has 0 fully saturated rings. The van der Waals surface area contributed by atoms with Gasteiger partial charge in [-0.2, -0.15) is 0 Å². The molecular formula is C19H26Si. The predicted octanol–water partition coefficient (Wildman–Crippen LogP) is 5.20. The van der Waals surface area contributed by atoms with Gasteiger partial charge in [0.15, 0.2) is 0 Å². The summed E-state index contributed by atoms with van der Waals surface area (Å²) >= 11 is 0. The quantitative estimate of drug-likeness (QED) is 0.664. The molecule has 0 N–H and O–H groups in total. The first kappa shape index (κ1) is 15.1. The van der Waals surface area contributed by atoms with Crippen LogP contribution < -0.4 is 5.19 Å². The fraction of sp³-hybridized carbons (Fsp3) is 0.368. The third-order valence-corrected chi connectivity index (χ3v) is 5.88. The summed E-state index contributed by atoms with van der Waals surface area (Å²) in [5.41, 5.74) is 4.23. The highest BCUT2D eigenvalue weighted by Gasteiger charge is 2.16. The van der Waals surface area contributed by atoms with E-state index in [0.717, 1.165) is 0 Å². The van der Waals surface area contributed by atoms with Crippen LogP contribution in [0.4, 0.5) is 0 Å². The minimum Gasteiger partial charge on any atom is -0.0656 e. The van der Waals surface area contributed by atoms with Gasteiger partial charge >= 0.3 is 0 Å². The molecule has 0 nitrogen and oxygen atoms in total. The Labute approximate surface area is 124 Å². The molecule has 0 saturated heterocycles. The Balaban J connectivity index is 2.38. The highest BCUT2D eigenvalue weighted by molar-refractivity contribution is 6.88. The van der Waals surface area contributed by atoms with E-state index in [-0.39, 0.29) is 5.41 Å². The second-order valence-corrected chi connectivity index (χ2v) is 12.7. The number of hydrogen-bond donors (Lipinski definition) is 0. The van der Waals surface area contributed by atoms with Crippen LogP contribution in [-0.4, -0.2) is 8.07 Å². The van der Waals surface area contributed by atoms with Crippen molar-refractivity contribution in [3.8, 4) is 11.1 Å². The SMILES string of the molecule is CC(C)(C)c1cccc(-c2ccc([Si](C)(C)C)cc2)c1. The second-order valence-electron chi connectivity index (χ2n) is 7.66. The topological polar surface area (TPSA) is 0 Å². The van der Waals surface area contributed by atoms with Crippen molar-refractivity contribution in [2.75, 3.05) is 0 Å². The summed E-state index contributed by atoms with van der Waals surface area (Å²) in [4.78, 5) is 0. The summed E-state index contributed by atoms with van der Waals surface area (Å²) in [7, 11) is -1.20. The lowest BCUT2D eigenvalue weighted by Gasteiger charge is -2.20. The summed E-state index contributed by atoms with van der Waals surface area (Å²) < 4.78 is 0. The summed E-state index contributed by atoms with van der Waals surface area (Å²) in [5, 5.41) is 1.52. The molecule has 0 spiro atoms. The van der Waals surface area contributed by atoms with Gasteiger partial charge < -0.3 is 0 Å². The van der Waals surface area contributed by atoms with Gasteiger partial charge in [0.05, 0.1) is 8.07 Å². The Morgan fingerprint density at radius 3 is 1.85 bits per heavy atom. The molecule has 0 bridgehead atoms. The summed E-state index contributed by atoms with van der Waals surface area (Å²) in [6.45, 7) is 14.0. The van der Waals surface area contributed by atoms with Crippen molar-refractivity contribution >= 4 is 13.3 Å². The standard InChI is InChI=1S/C19H26Si/c1-19(2,3)17-9-7-8-16(14-17)15-10-12-18(13-11-15)20(4,5)6/h7-14H,1-6H3. The van der Waals surface area contributed by atoms with Gasteiger partial charge in [0.25, 0.3) is 0 Å². The van der Waals surface area contributed by atoms with Crippen LogP contribution in [0, 0.1) is 0 Å². The van der Waals surface area contributed by atoms with Crippen molar-refractivity contribution in [2.45, 2.75) is 45.8 Å². The molecule has 1 heteroatoms. The molecule has 0 aliphatic rings. The molecule has 0 unspecified atom stereocenters. The summed E-state index contributed by atoms with van der Waals surface area (Å²) in [6.07, 6.45) is 0. The van der Waals surface area contributed by atoms with Gasteiger partial charge in [0.2, 0.25) is 0 Å². The average Bonchev–Trinajstić information content (AvgIpc) is 2.37. The first-order chi connectivity index (χ1) is 9.18. The maximum atomic E-state index is 2.39. The van der Waals surface area contributed by atoms with E-state index in [2.05, 4.69) is 88.9 Å². The van der Waals surface area contributed by atoms with Crippen LogP contribution in [0.2, 0.25) is 19.6 Å². The van der Waals surface area contributed by atoms with Crippen LogP contribution in [0.5, 0.6) is 0 Å². The fourth-order valence-electron chi connectivity index (χ4n) is 2.33. The van der Waals surface area contributed by atoms with Gasteiger partial charge in [0.1, 0.15) is 0 Å². The van der Waals surface area contributed by atoms with Crippen LogP contribution in [0.1, 0.15) is 26.3 Å². The van der Waals surface area contributed by atoms with E-state index in [1.165, 1.54) is 21.9 Å². The zero-order valence-electron chi connectivity index (χ0n) is 13.6. The Morgan fingerprint density at radius 1 is 0.750 bits per heavy atom. The molecule has 0 aliphatic heterocycles. The van der Waals surface area contributed by atoms with Gasteiger partial charge in [-0.15, -0.1) is 0 Å². The largest absolute Gasteiger partial charge is 0.0775 e. The zero-order chi connectivity index (χ0) is 15.0. The van der Waals surface area contributed by atoms with E-state index in [1.807, 2.05) is 0 Å². The fourth-order valence-corrected chi connectivity index (χ4v) is 3.49. The molecule has 0 aliphatic carbocycles. The smallest absolute Gasteiger partial charge is 0.0656 e. The normalized spacial score (nSPS) is 12.5. The first-order valence-electron chi connectivity index (χ1n) is 7.39. The molecule has 2 aromatic carbocycles. The van der Waals surface area contributed by atoms with Crippen LogP contribution in [0.15, 0.2) is 48.5 Å². The van der Waals surface area contributed by atoms with E-state index in [4.69, 9.17) is 0 Å². The Hall–Kier alpha value is -1.34. The molecule has 0 heterocycles. The van der Waals surface area contributed by atoms with Crippen molar-refractivity contribution < 1.29 is 0 Å². The summed E-state index contributed by atoms with van der Waals surface area (Å²) in [6, 6.07) is 18.1. The van der Waals surface area contributed by atoms with Gasteiger partial charge in [-0.05, 0) is 22.1 Å². The lowest BCUT2D eigenvalue weighted by molar-refractivity contribution is 0.590. The minimum absolute atomic E-state index is 0.203. The molecule has 20 heavy (non-hydrogen) atoms. The van der Waals surface area contributed by atoms with Crippen LogP contribution in [0.3, 0.4) is 0 Å². The zero-order valence-corrected chi connectivity index (χ0v) is 14.6. The Bertz CT molecular complexity index is 580. The number of benzene rings is 2. The number of rotatable bonds is 2. The van der Waals surface area contributed by atoms with Crippen molar-refractivity contribution in [2.24, 2.45) is 0 Å². The molecule has 2 rings (SSSR count). The van der Waals surface area contributed by atoms with E-state index in [1.54, 1.807) is 0 Å². The molecular weight excluding hydrogens is 256 g/mol. The van der Waals surface area contributed by atoms with Crippen molar-refractivity contribution in [3.63, 3.8) is 0 Å². The lowest BCUT2D eigenvalue weighted by atomic mass is 9.85. The van der Waals surface area contributed by atoms with Gasteiger partial charge in [-0.3, -0.25) is 0 Å². The monoisotopic (exact) mass is 282 g/mol. The minimum atomic E-state index is -1.20. The molecule has 0 atom stereocenters. The Morgan fingerprint density at radius 2 is 1.35 bits per heavy atom. The first-order valence-corrected chi connectivity index (χ1v) is 10.9. The van der Waals surface area contributed by atoms with E-state index >= 15 is 0 Å². The summed E-state index contributed by atoms with van der Waals surface area (Å²) in [5.74, 6) is 0. The van der Waals surface area contributed by atoms with Gasteiger partial charge in [0, 0.05) is 0 Å². The third-order valence-electron chi connectivity index (χ3n) is 3.81. The maximum absolute atomic E-state index is 2.39. The van der Waals surface area contributed by atoms with Crippen LogP contribution >= 0.6 is 0 Å². The Kier molecular flexibility index (Phi) is 3.92. The molecule has 106 valence electrons.